The van der Waals surface area contributed by atoms with Crippen molar-refractivity contribution in [1.82, 2.24) is 4.90 Å². The number of carbonyl (C=O) groups excluding carboxylic acids is 1. The maximum atomic E-state index is 12.4. The number of amides is 1. The van der Waals surface area contributed by atoms with E-state index in [9.17, 15) is 14.7 Å². The zero-order valence-corrected chi connectivity index (χ0v) is 11.7. The van der Waals surface area contributed by atoms with E-state index in [0.29, 0.717) is 13.0 Å². The number of carbonyl (C=O) groups is 2. The first kappa shape index (κ1) is 14.5. The van der Waals surface area contributed by atoms with Crippen molar-refractivity contribution in [3.63, 3.8) is 0 Å². The van der Waals surface area contributed by atoms with Gasteiger partial charge in [0.05, 0.1) is 6.04 Å². The Morgan fingerprint density at radius 1 is 1.30 bits per heavy atom. The Kier molecular flexibility index (Phi) is 4.09. The average Bonchev–Trinajstić information content (AvgIpc) is 2.44. The van der Waals surface area contributed by atoms with Crippen molar-refractivity contribution in [2.75, 3.05) is 0 Å². The van der Waals surface area contributed by atoms with Crippen LogP contribution >= 0.6 is 0 Å². The smallest absolute Gasteiger partial charge is 0.326 e. The van der Waals surface area contributed by atoms with Crippen LogP contribution in [0.25, 0.3) is 0 Å². The molecule has 2 atom stereocenters. The van der Waals surface area contributed by atoms with Crippen LogP contribution in [0.2, 0.25) is 0 Å². The summed E-state index contributed by atoms with van der Waals surface area (Å²) in [5.74, 6) is -1.29. The normalized spacial score (nSPS) is 19.6. The van der Waals surface area contributed by atoms with Gasteiger partial charge in [-0.15, -0.1) is 0 Å². The molecule has 20 heavy (non-hydrogen) atoms. The van der Waals surface area contributed by atoms with E-state index in [1.807, 2.05) is 38.1 Å². The maximum absolute atomic E-state index is 12.4. The van der Waals surface area contributed by atoms with Crippen LogP contribution in [0.3, 0.4) is 0 Å². The third kappa shape index (κ3) is 2.67. The second-order valence-electron chi connectivity index (χ2n) is 5.56. The first-order valence-corrected chi connectivity index (χ1v) is 6.77. The summed E-state index contributed by atoms with van der Waals surface area (Å²) in [6.45, 7) is 4.03. The minimum absolute atomic E-state index is 0.0193. The van der Waals surface area contributed by atoms with E-state index in [4.69, 9.17) is 5.73 Å². The lowest BCUT2D eigenvalue weighted by Crippen LogP contribution is -2.55. The molecule has 1 aromatic rings. The highest BCUT2D eigenvalue weighted by Gasteiger charge is 2.36. The van der Waals surface area contributed by atoms with Gasteiger partial charge in [-0.1, -0.05) is 38.1 Å². The minimum atomic E-state index is -0.983. The van der Waals surface area contributed by atoms with Gasteiger partial charge in [-0.05, 0) is 17.0 Å². The monoisotopic (exact) mass is 276 g/mol. The number of hydrogen-bond acceptors (Lipinski definition) is 3. The molecule has 0 aromatic heterocycles. The molecule has 0 saturated heterocycles. The molecule has 1 aliphatic heterocycles. The number of carboxylic acids is 1. The molecule has 0 aliphatic carbocycles. The number of fused-ring (bicyclic) bond motifs is 1. The van der Waals surface area contributed by atoms with E-state index in [0.717, 1.165) is 11.1 Å². The van der Waals surface area contributed by atoms with Gasteiger partial charge in [-0.25, -0.2) is 4.79 Å². The van der Waals surface area contributed by atoms with Crippen molar-refractivity contribution < 1.29 is 14.7 Å². The molecule has 1 aliphatic rings. The fraction of sp³-hybridized carbons (Fsp3) is 0.467. The highest BCUT2D eigenvalue weighted by molar-refractivity contribution is 5.87. The lowest BCUT2D eigenvalue weighted by Gasteiger charge is -2.36. The summed E-state index contributed by atoms with van der Waals surface area (Å²) in [6, 6.07) is 6.12. The highest BCUT2D eigenvalue weighted by atomic mass is 16.4. The Bertz CT molecular complexity index is 528. The Balaban J connectivity index is 2.31. The van der Waals surface area contributed by atoms with Gasteiger partial charge in [0, 0.05) is 13.0 Å². The van der Waals surface area contributed by atoms with Crippen LogP contribution in [0.1, 0.15) is 25.0 Å². The summed E-state index contributed by atoms with van der Waals surface area (Å²) in [5.41, 5.74) is 7.87. The van der Waals surface area contributed by atoms with E-state index in [1.54, 1.807) is 0 Å². The Hall–Kier alpha value is -1.88. The van der Waals surface area contributed by atoms with Crippen molar-refractivity contribution in [2.24, 2.45) is 11.7 Å². The van der Waals surface area contributed by atoms with Crippen molar-refractivity contribution in [3.8, 4) is 0 Å². The Labute approximate surface area is 118 Å². The van der Waals surface area contributed by atoms with Gasteiger partial charge in [0.25, 0.3) is 0 Å². The zero-order valence-electron chi connectivity index (χ0n) is 11.7. The van der Waals surface area contributed by atoms with E-state index in [-0.39, 0.29) is 11.8 Å². The third-order valence-corrected chi connectivity index (χ3v) is 3.82. The van der Waals surface area contributed by atoms with Gasteiger partial charge in [0.2, 0.25) is 5.91 Å². The molecule has 0 spiro atoms. The first-order chi connectivity index (χ1) is 9.41. The third-order valence-electron chi connectivity index (χ3n) is 3.82. The second kappa shape index (κ2) is 5.63. The molecule has 3 N–H and O–H groups in total. The van der Waals surface area contributed by atoms with E-state index in [2.05, 4.69) is 0 Å². The van der Waals surface area contributed by atoms with Gasteiger partial charge in [-0.2, -0.15) is 0 Å². The summed E-state index contributed by atoms with van der Waals surface area (Å²) in [6.07, 6.45) is 0.335. The predicted octanol–water partition coefficient (Wildman–Crippen LogP) is 1.01. The topological polar surface area (TPSA) is 83.6 Å². The average molecular weight is 276 g/mol. The zero-order chi connectivity index (χ0) is 14.9. The largest absolute Gasteiger partial charge is 0.480 e. The van der Waals surface area contributed by atoms with Crippen molar-refractivity contribution in [1.29, 1.82) is 0 Å². The summed E-state index contributed by atoms with van der Waals surface area (Å²) < 4.78 is 0. The number of carboxylic acid groups (broad SMARTS) is 1. The van der Waals surface area contributed by atoms with Crippen molar-refractivity contribution in [2.45, 2.75) is 38.9 Å². The fourth-order valence-corrected chi connectivity index (χ4v) is 2.45. The lowest BCUT2D eigenvalue weighted by atomic mass is 9.92. The summed E-state index contributed by atoms with van der Waals surface area (Å²) in [5, 5.41) is 9.37. The molecule has 0 unspecified atom stereocenters. The molecule has 0 fully saturated rings. The summed E-state index contributed by atoms with van der Waals surface area (Å²) >= 11 is 0. The molecule has 0 radical (unpaired) electrons. The lowest BCUT2D eigenvalue weighted by molar-refractivity contribution is -0.152. The number of benzene rings is 1. The summed E-state index contributed by atoms with van der Waals surface area (Å²) in [7, 11) is 0. The minimum Gasteiger partial charge on any atom is -0.480 e. The summed E-state index contributed by atoms with van der Waals surface area (Å²) in [4.78, 5) is 25.2. The van der Waals surface area contributed by atoms with Gasteiger partial charge < -0.3 is 15.7 Å². The molecule has 0 saturated carbocycles. The standard InChI is InChI=1S/C15H20N2O3/c1-9(2)13(16)14(18)17-8-11-6-4-3-5-10(11)7-12(17)15(19)20/h3-6,9,12-13H,7-8,16H2,1-2H3,(H,19,20)/t12-,13+/m1/s1. The molecule has 5 heteroatoms. The van der Waals surface area contributed by atoms with Crippen LogP contribution in [0.4, 0.5) is 0 Å². The quantitative estimate of drug-likeness (QED) is 0.863. The highest BCUT2D eigenvalue weighted by Crippen LogP contribution is 2.24. The molecule has 2 rings (SSSR count). The number of aliphatic carboxylic acids is 1. The SMILES string of the molecule is CC(C)[C@H](N)C(=O)N1Cc2ccccc2C[C@@H]1C(=O)O. The van der Waals surface area contributed by atoms with Crippen molar-refractivity contribution in [3.05, 3.63) is 35.4 Å². The number of rotatable bonds is 3. The van der Waals surface area contributed by atoms with Gasteiger partial charge >= 0.3 is 5.97 Å². The molecule has 1 amide bonds. The van der Waals surface area contributed by atoms with Gasteiger partial charge in [0.15, 0.2) is 0 Å². The second-order valence-corrected chi connectivity index (χ2v) is 5.56. The van der Waals surface area contributed by atoms with Gasteiger partial charge in [-0.3, -0.25) is 4.79 Å². The molecular formula is C15H20N2O3. The van der Waals surface area contributed by atoms with Crippen LogP contribution in [0.15, 0.2) is 24.3 Å². The van der Waals surface area contributed by atoms with E-state index >= 15 is 0 Å². The molecular weight excluding hydrogens is 256 g/mol. The number of nitrogens with two attached hydrogens (primary N) is 1. The van der Waals surface area contributed by atoms with Crippen LogP contribution < -0.4 is 5.73 Å². The van der Waals surface area contributed by atoms with Crippen LogP contribution in [-0.4, -0.2) is 34.0 Å². The molecule has 1 aromatic carbocycles. The molecule has 108 valence electrons. The maximum Gasteiger partial charge on any atom is 0.326 e. The van der Waals surface area contributed by atoms with Crippen LogP contribution in [-0.2, 0) is 22.6 Å². The number of hydrogen-bond donors (Lipinski definition) is 2. The fourth-order valence-electron chi connectivity index (χ4n) is 2.45. The molecule has 5 nitrogen and oxygen atoms in total. The van der Waals surface area contributed by atoms with Crippen molar-refractivity contribution >= 4 is 11.9 Å². The van der Waals surface area contributed by atoms with E-state index < -0.39 is 18.1 Å². The molecule has 0 bridgehead atoms. The van der Waals surface area contributed by atoms with E-state index in [1.165, 1.54) is 4.90 Å². The van der Waals surface area contributed by atoms with Crippen LogP contribution in [0.5, 0.6) is 0 Å². The predicted molar refractivity (Wildman–Crippen MR) is 74.9 cm³/mol. The Morgan fingerprint density at radius 3 is 2.45 bits per heavy atom. The van der Waals surface area contributed by atoms with Crippen LogP contribution in [0, 0.1) is 5.92 Å². The number of nitrogens with zero attached hydrogens (tertiary/aromatic N) is 1. The first-order valence-electron chi connectivity index (χ1n) is 6.77. The Morgan fingerprint density at radius 2 is 1.90 bits per heavy atom. The van der Waals surface area contributed by atoms with Gasteiger partial charge in [0.1, 0.15) is 6.04 Å². The molecule has 1 heterocycles.